The van der Waals surface area contributed by atoms with Gasteiger partial charge in [-0.1, -0.05) is 30.3 Å². The average molecular weight is 314 g/mol. The Bertz CT molecular complexity index is 739. The second-order valence-electron chi connectivity index (χ2n) is 5.64. The summed E-state index contributed by atoms with van der Waals surface area (Å²) in [6, 6.07) is 10.1. The third-order valence-corrected chi connectivity index (χ3v) is 3.98. The van der Waals surface area contributed by atoms with Gasteiger partial charge in [0, 0.05) is 37.3 Å². The summed E-state index contributed by atoms with van der Waals surface area (Å²) in [5.74, 6) is -1.61. The Hall–Kier alpha value is -2.67. The highest BCUT2D eigenvalue weighted by Crippen LogP contribution is 2.24. The summed E-state index contributed by atoms with van der Waals surface area (Å²) in [7, 11) is 0. The number of aromatic nitrogens is 2. The minimum absolute atomic E-state index is 0.180. The van der Waals surface area contributed by atoms with Crippen molar-refractivity contribution in [1.82, 2.24) is 14.7 Å². The smallest absolute Gasteiger partial charge is 0.325 e. The minimum Gasteiger partial charge on any atom is -0.480 e. The molecule has 120 valence electrons. The van der Waals surface area contributed by atoms with Gasteiger partial charge in [0.2, 0.25) is 0 Å². The lowest BCUT2D eigenvalue weighted by Crippen LogP contribution is -2.32. The van der Waals surface area contributed by atoms with E-state index in [0.29, 0.717) is 13.0 Å². The zero-order valence-electron chi connectivity index (χ0n) is 12.6. The van der Waals surface area contributed by atoms with Gasteiger partial charge in [-0.15, -0.1) is 0 Å². The second kappa shape index (κ2) is 6.21. The van der Waals surface area contributed by atoms with E-state index in [9.17, 15) is 9.59 Å². The van der Waals surface area contributed by atoms with Crippen molar-refractivity contribution in [1.29, 1.82) is 0 Å². The van der Waals surface area contributed by atoms with E-state index in [4.69, 9.17) is 10.8 Å². The van der Waals surface area contributed by atoms with E-state index in [0.717, 1.165) is 24.3 Å². The highest BCUT2D eigenvalue weighted by atomic mass is 16.4. The molecule has 23 heavy (non-hydrogen) atoms. The number of carboxylic acids is 1. The van der Waals surface area contributed by atoms with Gasteiger partial charge in [0.15, 0.2) is 5.69 Å². The lowest BCUT2D eigenvalue weighted by atomic mass is 10.0. The number of carboxylic acid groups (broad SMARTS) is 1. The van der Waals surface area contributed by atoms with Crippen molar-refractivity contribution < 1.29 is 14.7 Å². The van der Waals surface area contributed by atoms with Crippen LogP contribution in [0.25, 0.3) is 0 Å². The Labute approximate surface area is 133 Å². The van der Waals surface area contributed by atoms with Crippen LogP contribution in [0.4, 0.5) is 0 Å². The van der Waals surface area contributed by atoms with Gasteiger partial charge in [0.25, 0.3) is 5.91 Å². The Balaban J connectivity index is 1.85. The van der Waals surface area contributed by atoms with Crippen LogP contribution in [0, 0.1) is 0 Å². The minimum atomic E-state index is -0.988. The van der Waals surface area contributed by atoms with E-state index >= 15 is 0 Å². The molecule has 1 amide bonds. The first kappa shape index (κ1) is 15.2. The molecule has 2 heterocycles. The van der Waals surface area contributed by atoms with Gasteiger partial charge in [0.1, 0.15) is 6.54 Å². The molecule has 3 rings (SSSR count). The van der Waals surface area contributed by atoms with Gasteiger partial charge in [0.05, 0.1) is 0 Å². The molecule has 0 saturated heterocycles. The zero-order chi connectivity index (χ0) is 16.4. The summed E-state index contributed by atoms with van der Waals surface area (Å²) in [5.41, 5.74) is 8.32. The maximum absolute atomic E-state index is 11.6. The van der Waals surface area contributed by atoms with Crippen LogP contribution >= 0.6 is 0 Å². The maximum Gasteiger partial charge on any atom is 0.325 e. The van der Waals surface area contributed by atoms with Gasteiger partial charge in [-0.05, 0) is 5.56 Å². The van der Waals surface area contributed by atoms with Gasteiger partial charge >= 0.3 is 5.97 Å². The number of hydrogen-bond donors (Lipinski definition) is 2. The first-order valence-electron chi connectivity index (χ1n) is 7.41. The molecule has 7 heteroatoms. The molecule has 1 aliphatic rings. The van der Waals surface area contributed by atoms with Crippen molar-refractivity contribution in [3.63, 3.8) is 0 Å². The van der Waals surface area contributed by atoms with Crippen LogP contribution in [0.3, 0.4) is 0 Å². The summed E-state index contributed by atoms with van der Waals surface area (Å²) >= 11 is 0. The monoisotopic (exact) mass is 314 g/mol. The van der Waals surface area contributed by atoms with Crippen LogP contribution in [-0.2, 0) is 30.8 Å². The van der Waals surface area contributed by atoms with E-state index in [2.05, 4.69) is 22.1 Å². The predicted octanol–water partition coefficient (Wildman–Crippen LogP) is 0.625. The Morgan fingerprint density at radius 2 is 2.00 bits per heavy atom. The number of fused-ring (bicyclic) bond motifs is 1. The number of benzene rings is 1. The van der Waals surface area contributed by atoms with E-state index in [1.54, 1.807) is 0 Å². The van der Waals surface area contributed by atoms with Crippen LogP contribution in [0.2, 0.25) is 0 Å². The summed E-state index contributed by atoms with van der Waals surface area (Å²) in [6.45, 7) is 1.84. The van der Waals surface area contributed by atoms with Gasteiger partial charge < -0.3 is 10.8 Å². The fourth-order valence-corrected chi connectivity index (χ4v) is 2.98. The molecule has 0 spiro atoms. The van der Waals surface area contributed by atoms with E-state index < -0.39 is 11.9 Å². The molecule has 0 radical (unpaired) electrons. The largest absolute Gasteiger partial charge is 0.480 e. The molecule has 1 aromatic heterocycles. The van der Waals surface area contributed by atoms with Crippen LogP contribution in [-0.4, -0.2) is 38.2 Å². The molecule has 0 aliphatic carbocycles. The van der Waals surface area contributed by atoms with E-state index in [1.807, 2.05) is 18.2 Å². The highest BCUT2D eigenvalue weighted by molar-refractivity contribution is 5.92. The molecule has 0 unspecified atom stereocenters. The SMILES string of the molecule is NC(=O)c1nn(CC(=O)O)c2c1CN(Cc1ccccc1)CC2. The first-order valence-corrected chi connectivity index (χ1v) is 7.41. The number of carbonyl (C=O) groups is 2. The molecule has 7 nitrogen and oxygen atoms in total. The average Bonchev–Trinajstić information content (AvgIpc) is 2.86. The fraction of sp³-hybridized carbons (Fsp3) is 0.312. The van der Waals surface area contributed by atoms with Crippen molar-refractivity contribution >= 4 is 11.9 Å². The summed E-state index contributed by atoms with van der Waals surface area (Å²) in [5, 5.41) is 13.1. The lowest BCUT2D eigenvalue weighted by Gasteiger charge is -2.27. The number of aliphatic carboxylic acids is 1. The molecule has 0 saturated carbocycles. The molecule has 3 N–H and O–H groups in total. The third kappa shape index (κ3) is 3.24. The van der Waals surface area contributed by atoms with Gasteiger partial charge in [-0.2, -0.15) is 5.10 Å². The number of rotatable bonds is 5. The topological polar surface area (TPSA) is 101 Å². The molecule has 0 fully saturated rings. The summed E-state index contributed by atoms with van der Waals surface area (Å²) in [6.07, 6.45) is 0.649. The maximum atomic E-state index is 11.6. The van der Waals surface area contributed by atoms with Crippen LogP contribution in [0.5, 0.6) is 0 Å². The number of primary amides is 1. The van der Waals surface area contributed by atoms with Gasteiger partial charge in [-0.25, -0.2) is 0 Å². The Morgan fingerprint density at radius 1 is 1.26 bits per heavy atom. The number of hydrogen-bond acceptors (Lipinski definition) is 4. The van der Waals surface area contributed by atoms with Crippen molar-refractivity contribution in [2.45, 2.75) is 26.1 Å². The molecular formula is C16H18N4O3. The quantitative estimate of drug-likeness (QED) is 0.842. The van der Waals surface area contributed by atoms with Crippen molar-refractivity contribution in [3.8, 4) is 0 Å². The normalized spacial score (nSPS) is 14.4. The predicted molar refractivity (Wildman–Crippen MR) is 82.6 cm³/mol. The van der Waals surface area contributed by atoms with Crippen molar-refractivity contribution in [2.75, 3.05) is 6.54 Å². The number of amides is 1. The summed E-state index contributed by atoms with van der Waals surface area (Å²) < 4.78 is 1.39. The van der Waals surface area contributed by atoms with Gasteiger partial charge in [-0.3, -0.25) is 19.2 Å². The molecule has 1 aromatic carbocycles. The molecule has 0 bridgehead atoms. The molecule has 1 aliphatic heterocycles. The second-order valence-corrected chi connectivity index (χ2v) is 5.64. The standard InChI is InChI=1S/C16H18N4O3/c17-16(23)15-12-9-19(8-11-4-2-1-3-5-11)7-6-13(12)20(18-15)10-14(21)22/h1-5H,6-10H2,(H2,17,23)(H,21,22). The van der Waals surface area contributed by atoms with Crippen LogP contribution < -0.4 is 5.73 Å². The highest BCUT2D eigenvalue weighted by Gasteiger charge is 2.27. The molecule has 0 atom stereocenters. The van der Waals surface area contributed by atoms with Crippen LogP contribution in [0.1, 0.15) is 27.3 Å². The zero-order valence-corrected chi connectivity index (χ0v) is 12.6. The Kier molecular flexibility index (Phi) is 4.12. The Morgan fingerprint density at radius 3 is 2.65 bits per heavy atom. The number of carbonyl (C=O) groups excluding carboxylic acids is 1. The first-order chi connectivity index (χ1) is 11.0. The van der Waals surface area contributed by atoms with E-state index in [-0.39, 0.29) is 12.2 Å². The number of nitrogens with zero attached hydrogens (tertiary/aromatic N) is 3. The van der Waals surface area contributed by atoms with E-state index in [1.165, 1.54) is 10.2 Å². The lowest BCUT2D eigenvalue weighted by molar-refractivity contribution is -0.137. The van der Waals surface area contributed by atoms with Crippen molar-refractivity contribution in [2.24, 2.45) is 5.73 Å². The molecular weight excluding hydrogens is 296 g/mol. The number of nitrogens with two attached hydrogens (primary N) is 1. The van der Waals surface area contributed by atoms with Crippen LogP contribution in [0.15, 0.2) is 30.3 Å². The fourth-order valence-electron chi connectivity index (χ4n) is 2.98. The molecule has 2 aromatic rings. The third-order valence-electron chi connectivity index (χ3n) is 3.98. The van der Waals surface area contributed by atoms with Crippen molar-refractivity contribution in [3.05, 3.63) is 52.8 Å². The summed E-state index contributed by atoms with van der Waals surface area (Å²) in [4.78, 5) is 24.8.